The van der Waals surface area contributed by atoms with E-state index >= 15 is 0 Å². The number of amidine groups is 1. The van der Waals surface area contributed by atoms with Crippen LogP contribution in [0.2, 0.25) is 0 Å². The Kier molecular flexibility index (Phi) is 1.08. The normalized spacial score (nSPS) is 41.6. The van der Waals surface area contributed by atoms with Gasteiger partial charge in [0.15, 0.2) is 0 Å². The molecule has 0 aromatic rings. The second-order valence-corrected chi connectivity index (χ2v) is 3.78. The van der Waals surface area contributed by atoms with Crippen molar-refractivity contribution in [3.63, 3.8) is 0 Å². The third-order valence-corrected chi connectivity index (χ3v) is 2.88. The Hall–Kier alpha value is -0.530. The van der Waals surface area contributed by atoms with Crippen LogP contribution in [0.5, 0.6) is 0 Å². The highest BCUT2D eigenvalue weighted by molar-refractivity contribution is 5.83. The fourth-order valence-electron chi connectivity index (χ4n) is 1.99. The predicted octanol–water partition coefficient (Wildman–Crippen LogP) is 1.18. The second kappa shape index (κ2) is 1.74. The summed E-state index contributed by atoms with van der Waals surface area (Å²) in [6, 6.07) is 0. The maximum absolute atomic E-state index is 7.68. The SMILES string of the molecule is CN(C)C(=N)C1CC2CC21. The van der Waals surface area contributed by atoms with Gasteiger partial charge in [-0.05, 0) is 24.7 Å². The summed E-state index contributed by atoms with van der Waals surface area (Å²) in [5.74, 6) is 3.40. The molecule has 2 aliphatic carbocycles. The van der Waals surface area contributed by atoms with Gasteiger partial charge in [-0.3, -0.25) is 5.41 Å². The Balaban J connectivity index is 1.93. The first kappa shape index (κ1) is 6.20. The van der Waals surface area contributed by atoms with E-state index in [2.05, 4.69) is 0 Å². The fraction of sp³-hybridized carbons (Fsp3) is 0.875. The highest BCUT2D eigenvalue weighted by atomic mass is 15.1. The molecule has 1 N–H and O–H groups in total. The highest BCUT2D eigenvalue weighted by Gasteiger charge is 2.55. The molecule has 0 aromatic heterocycles. The lowest BCUT2D eigenvalue weighted by Crippen LogP contribution is -2.34. The summed E-state index contributed by atoms with van der Waals surface area (Å²) in [5.41, 5.74) is 0. The lowest BCUT2D eigenvalue weighted by Gasteiger charge is -2.29. The molecule has 0 bridgehead atoms. The Morgan fingerprint density at radius 3 is 2.40 bits per heavy atom. The van der Waals surface area contributed by atoms with E-state index < -0.39 is 0 Å². The molecule has 2 heteroatoms. The first-order valence-corrected chi connectivity index (χ1v) is 3.96. The molecule has 0 radical (unpaired) electrons. The summed E-state index contributed by atoms with van der Waals surface area (Å²) in [5, 5.41) is 7.68. The Bertz CT molecular complexity index is 174. The number of fused-ring (bicyclic) bond motifs is 1. The van der Waals surface area contributed by atoms with Gasteiger partial charge in [-0.2, -0.15) is 0 Å². The Morgan fingerprint density at radius 1 is 1.40 bits per heavy atom. The van der Waals surface area contributed by atoms with E-state index in [0.717, 1.165) is 17.7 Å². The molecule has 0 amide bonds. The van der Waals surface area contributed by atoms with Gasteiger partial charge < -0.3 is 4.90 Å². The second-order valence-electron chi connectivity index (χ2n) is 3.78. The molecule has 2 rings (SSSR count). The number of rotatable bonds is 1. The van der Waals surface area contributed by atoms with Crippen LogP contribution in [0.3, 0.4) is 0 Å². The van der Waals surface area contributed by atoms with Gasteiger partial charge in [-0.15, -0.1) is 0 Å². The van der Waals surface area contributed by atoms with Crippen LogP contribution in [0.15, 0.2) is 0 Å². The molecule has 2 nitrogen and oxygen atoms in total. The van der Waals surface area contributed by atoms with Crippen molar-refractivity contribution in [3.8, 4) is 0 Å². The molecule has 0 aliphatic heterocycles. The van der Waals surface area contributed by atoms with Crippen LogP contribution in [-0.4, -0.2) is 24.8 Å². The van der Waals surface area contributed by atoms with Crippen LogP contribution < -0.4 is 0 Å². The van der Waals surface area contributed by atoms with Crippen molar-refractivity contribution in [1.29, 1.82) is 5.41 Å². The maximum atomic E-state index is 7.68. The summed E-state index contributed by atoms with van der Waals surface area (Å²) >= 11 is 0. The first-order chi connectivity index (χ1) is 4.70. The maximum Gasteiger partial charge on any atom is 0.0987 e. The topological polar surface area (TPSA) is 27.1 Å². The van der Waals surface area contributed by atoms with Crippen molar-refractivity contribution >= 4 is 5.84 Å². The summed E-state index contributed by atoms with van der Waals surface area (Å²) in [4.78, 5) is 1.94. The van der Waals surface area contributed by atoms with E-state index in [1.807, 2.05) is 19.0 Å². The van der Waals surface area contributed by atoms with E-state index in [1.54, 1.807) is 0 Å². The molecule has 0 heterocycles. The van der Waals surface area contributed by atoms with Crippen LogP contribution in [-0.2, 0) is 0 Å². The van der Waals surface area contributed by atoms with Gasteiger partial charge in [0.2, 0.25) is 0 Å². The van der Waals surface area contributed by atoms with Crippen molar-refractivity contribution in [2.45, 2.75) is 12.8 Å². The molecule has 0 aromatic carbocycles. The molecule has 2 saturated carbocycles. The zero-order valence-electron chi connectivity index (χ0n) is 6.59. The zero-order valence-corrected chi connectivity index (χ0v) is 6.59. The van der Waals surface area contributed by atoms with Gasteiger partial charge in [0.1, 0.15) is 0 Å². The van der Waals surface area contributed by atoms with E-state index in [4.69, 9.17) is 5.41 Å². The van der Waals surface area contributed by atoms with Crippen molar-refractivity contribution in [2.75, 3.05) is 14.1 Å². The molecule has 2 fully saturated rings. The van der Waals surface area contributed by atoms with Gasteiger partial charge in [-0.25, -0.2) is 0 Å². The Labute approximate surface area is 61.7 Å². The van der Waals surface area contributed by atoms with Crippen molar-refractivity contribution in [1.82, 2.24) is 4.90 Å². The minimum atomic E-state index is 0.625. The Morgan fingerprint density at radius 2 is 2.10 bits per heavy atom. The van der Waals surface area contributed by atoms with Crippen LogP contribution in [0.1, 0.15) is 12.8 Å². The van der Waals surface area contributed by atoms with Gasteiger partial charge in [0.25, 0.3) is 0 Å². The molecule has 2 aliphatic rings. The standard InChI is InChI=1S/C8H14N2/c1-10(2)8(9)7-4-5-3-6(5)7/h5-7,9H,3-4H2,1-2H3. The third-order valence-electron chi connectivity index (χ3n) is 2.88. The van der Waals surface area contributed by atoms with E-state index in [-0.39, 0.29) is 0 Å². The molecule has 0 saturated heterocycles. The molecular weight excluding hydrogens is 124 g/mol. The summed E-state index contributed by atoms with van der Waals surface area (Å²) < 4.78 is 0. The monoisotopic (exact) mass is 138 g/mol. The van der Waals surface area contributed by atoms with Crippen molar-refractivity contribution < 1.29 is 0 Å². The lowest BCUT2D eigenvalue weighted by atomic mass is 9.84. The van der Waals surface area contributed by atoms with E-state index in [0.29, 0.717) is 5.92 Å². The lowest BCUT2D eigenvalue weighted by molar-refractivity contribution is 0.349. The van der Waals surface area contributed by atoms with Crippen LogP contribution in [0, 0.1) is 23.2 Å². The number of nitrogens with zero attached hydrogens (tertiary/aromatic N) is 1. The molecule has 0 spiro atoms. The zero-order chi connectivity index (χ0) is 7.30. The van der Waals surface area contributed by atoms with Crippen LogP contribution in [0.4, 0.5) is 0 Å². The fourth-order valence-corrected chi connectivity index (χ4v) is 1.99. The largest absolute Gasteiger partial charge is 0.366 e. The van der Waals surface area contributed by atoms with E-state index in [9.17, 15) is 0 Å². The van der Waals surface area contributed by atoms with Crippen LogP contribution >= 0.6 is 0 Å². The summed E-state index contributed by atoms with van der Waals surface area (Å²) in [7, 11) is 3.94. The molecule has 56 valence electrons. The van der Waals surface area contributed by atoms with Gasteiger partial charge in [-0.1, -0.05) is 0 Å². The third kappa shape index (κ3) is 0.678. The van der Waals surface area contributed by atoms with Gasteiger partial charge in [0.05, 0.1) is 5.84 Å². The number of nitrogens with one attached hydrogen (secondary N) is 1. The molecule has 3 unspecified atom stereocenters. The van der Waals surface area contributed by atoms with Gasteiger partial charge >= 0.3 is 0 Å². The van der Waals surface area contributed by atoms with E-state index in [1.165, 1.54) is 12.8 Å². The number of hydrogen-bond donors (Lipinski definition) is 1. The van der Waals surface area contributed by atoms with Crippen LogP contribution in [0.25, 0.3) is 0 Å². The molecule has 10 heavy (non-hydrogen) atoms. The summed E-state index contributed by atoms with van der Waals surface area (Å²) in [6.45, 7) is 0. The average molecular weight is 138 g/mol. The minimum absolute atomic E-state index is 0.625. The van der Waals surface area contributed by atoms with Crippen molar-refractivity contribution in [3.05, 3.63) is 0 Å². The minimum Gasteiger partial charge on any atom is -0.366 e. The average Bonchev–Trinajstić information content (AvgIpc) is 2.42. The molecular formula is C8H14N2. The smallest absolute Gasteiger partial charge is 0.0987 e. The first-order valence-electron chi connectivity index (χ1n) is 3.96. The number of hydrogen-bond acceptors (Lipinski definition) is 1. The highest BCUT2D eigenvalue weighted by Crippen LogP contribution is 2.60. The predicted molar refractivity (Wildman–Crippen MR) is 41.1 cm³/mol. The van der Waals surface area contributed by atoms with Gasteiger partial charge in [0, 0.05) is 20.0 Å². The summed E-state index contributed by atoms with van der Waals surface area (Å²) in [6.07, 6.45) is 2.70. The quantitative estimate of drug-likeness (QED) is 0.427. The molecule has 3 atom stereocenters. The van der Waals surface area contributed by atoms with Crippen molar-refractivity contribution in [2.24, 2.45) is 17.8 Å².